The Morgan fingerprint density at radius 3 is 2.52 bits per heavy atom. The molecule has 2 N–H and O–H groups in total. The molecule has 2 aromatic rings. The Labute approximate surface area is 163 Å². The smallest absolute Gasteiger partial charge is 0.191 e. The minimum atomic E-state index is 0. The molecule has 4 nitrogen and oxygen atoms in total. The fraction of sp³-hybridized carbons (Fsp3) is 0.250. The number of guanidine groups is 1. The lowest BCUT2D eigenvalue weighted by molar-refractivity contribution is 0.792. The van der Waals surface area contributed by atoms with Gasteiger partial charge in [0.25, 0.3) is 0 Å². The molecule has 0 amide bonds. The Bertz CT molecular complexity index is 677. The van der Waals surface area contributed by atoms with Crippen molar-refractivity contribution in [1.82, 2.24) is 15.6 Å². The van der Waals surface area contributed by atoms with Gasteiger partial charge < -0.3 is 10.6 Å². The molecule has 0 radical (unpaired) electrons. The second-order valence-electron chi connectivity index (χ2n) is 4.79. The number of hydrogen-bond donors (Lipinski definition) is 2. The quantitative estimate of drug-likeness (QED) is 0.405. The maximum atomic E-state index is 6.15. The molecule has 1 heterocycles. The lowest BCUT2D eigenvalue weighted by Crippen LogP contribution is -2.36. The van der Waals surface area contributed by atoms with E-state index < -0.39 is 0 Å². The zero-order chi connectivity index (χ0) is 15.9. The average Bonchev–Trinajstić information content (AvgIpc) is 2.49. The van der Waals surface area contributed by atoms with Crippen LogP contribution in [0.15, 0.2) is 41.4 Å². The first kappa shape index (κ1) is 20.0. The van der Waals surface area contributed by atoms with E-state index >= 15 is 0 Å². The molecule has 0 aliphatic carbocycles. The number of aromatic nitrogens is 1. The van der Waals surface area contributed by atoms with E-state index in [1.807, 2.05) is 37.3 Å². The van der Waals surface area contributed by atoms with Crippen LogP contribution in [0.25, 0.3) is 0 Å². The fourth-order valence-corrected chi connectivity index (χ4v) is 2.41. The first-order valence-electron chi connectivity index (χ1n) is 6.89. The van der Waals surface area contributed by atoms with Gasteiger partial charge in [0.05, 0.1) is 12.2 Å². The highest BCUT2D eigenvalue weighted by Crippen LogP contribution is 2.20. The van der Waals surface area contributed by atoms with E-state index in [0.717, 1.165) is 17.0 Å². The van der Waals surface area contributed by atoms with Crippen LogP contribution in [0, 0.1) is 6.92 Å². The minimum absolute atomic E-state index is 0. The largest absolute Gasteiger partial charge is 0.352 e. The first-order chi connectivity index (χ1) is 10.6. The van der Waals surface area contributed by atoms with Crippen LogP contribution in [0.1, 0.15) is 17.0 Å². The molecular weight excluding hydrogens is 446 g/mol. The van der Waals surface area contributed by atoms with Gasteiger partial charge in [0.2, 0.25) is 0 Å². The van der Waals surface area contributed by atoms with Crippen LogP contribution < -0.4 is 10.6 Å². The van der Waals surface area contributed by atoms with Gasteiger partial charge in [0.1, 0.15) is 0 Å². The summed E-state index contributed by atoms with van der Waals surface area (Å²) in [5, 5.41) is 7.70. The molecule has 0 saturated heterocycles. The first-order valence-corrected chi connectivity index (χ1v) is 7.65. The van der Waals surface area contributed by atoms with Crippen LogP contribution in [0.5, 0.6) is 0 Å². The molecule has 124 valence electrons. The number of aryl methyl sites for hydroxylation is 1. The minimum Gasteiger partial charge on any atom is -0.352 e. The second-order valence-corrected chi connectivity index (χ2v) is 5.63. The van der Waals surface area contributed by atoms with Crippen LogP contribution in [-0.2, 0) is 13.1 Å². The summed E-state index contributed by atoms with van der Waals surface area (Å²) in [6.45, 7) is 3.14. The maximum Gasteiger partial charge on any atom is 0.191 e. The summed E-state index contributed by atoms with van der Waals surface area (Å²) in [5.41, 5.74) is 2.92. The molecule has 0 unspecified atom stereocenters. The average molecular weight is 465 g/mol. The van der Waals surface area contributed by atoms with Crippen molar-refractivity contribution in [3.63, 3.8) is 0 Å². The molecule has 2 rings (SSSR count). The van der Waals surface area contributed by atoms with Gasteiger partial charge in [-0.05, 0) is 36.8 Å². The normalized spacial score (nSPS) is 10.9. The van der Waals surface area contributed by atoms with Crippen molar-refractivity contribution < 1.29 is 0 Å². The van der Waals surface area contributed by atoms with Gasteiger partial charge in [0.15, 0.2) is 5.96 Å². The van der Waals surface area contributed by atoms with Gasteiger partial charge in [0, 0.05) is 29.3 Å². The van der Waals surface area contributed by atoms with Crippen LogP contribution in [0.3, 0.4) is 0 Å². The summed E-state index contributed by atoms with van der Waals surface area (Å²) in [4.78, 5) is 8.63. The lowest BCUT2D eigenvalue weighted by atomic mass is 10.2. The molecular formula is C16H19Cl2IN4. The summed E-state index contributed by atoms with van der Waals surface area (Å²) in [6, 6.07) is 11.4. The number of nitrogens with zero attached hydrogens (tertiary/aromatic N) is 2. The third-order valence-corrected chi connectivity index (χ3v) is 3.65. The number of benzene rings is 1. The monoisotopic (exact) mass is 464 g/mol. The molecule has 0 bridgehead atoms. The van der Waals surface area contributed by atoms with E-state index in [-0.39, 0.29) is 24.0 Å². The van der Waals surface area contributed by atoms with Gasteiger partial charge in [-0.25, -0.2) is 0 Å². The molecule has 0 spiro atoms. The molecule has 0 aliphatic rings. The van der Waals surface area contributed by atoms with Crippen LogP contribution in [0.4, 0.5) is 0 Å². The summed E-state index contributed by atoms with van der Waals surface area (Å²) in [7, 11) is 1.72. The van der Waals surface area contributed by atoms with E-state index in [0.29, 0.717) is 29.1 Å². The zero-order valence-electron chi connectivity index (χ0n) is 12.9. The number of aliphatic imine (C=N–C) groups is 1. The lowest BCUT2D eigenvalue weighted by Gasteiger charge is -2.12. The van der Waals surface area contributed by atoms with Gasteiger partial charge in [-0.15, -0.1) is 24.0 Å². The topological polar surface area (TPSA) is 49.3 Å². The third kappa shape index (κ3) is 6.53. The van der Waals surface area contributed by atoms with Gasteiger partial charge in [-0.2, -0.15) is 0 Å². The van der Waals surface area contributed by atoms with E-state index in [9.17, 15) is 0 Å². The molecule has 0 saturated carbocycles. The van der Waals surface area contributed by atoms with Crippen molar-refractivity contribution in [2.24, 2.45) is 4.99 Å². The Balaban J connectivity index is 0.00000264. The highest BCUT2D eigenvalue weighted by molar-refractivity contribution is 14.0. The van der Waals surface area contributed by atoms with Crippen LogP contribution in [-0.4, -0.2) is 18.0 Å². The van der Waals surface area contributed by atoms with Crippen molar-refractivity contribution in [1.29, 1.82) is 0 Å². The predicted molar refractivity (Wildman–Crippen MR) is 108 cm³/mol. The van der Waals surface area contributed by atoms with E-state index in [4.69, 9.17) is 23.2 Å². The van der Waals surface area contributed by atoms with Crippen molar-refractivity contribution >= 4 is 53.1 Å². The number of hydrogen-bond acceptors (Lipinski definition) is 2. The molecule has 1 aromatic carbocycles. The Hall–Kier alpha value is -1.05. The molecule has 0 atom stereocenters. The van der Waals surface area contributed by atoms with Crippen LogP contribution in [0.2, 0.25) is 10.0 Å². The molecule has 7 heteroatoms. The van der Waals surface area contributed by atoms with Gasteiger partial charge >= 0.3 is 0 Å². The van der Waals surface area contributed by atoms with Crippen molar-refractivity contribution in [3.05, 3.63) is 63.4 Å². The zero-order valence-corrected chi connectivity index (χ0v) is 16.8. The highest BCUT2D eigenvalue weighted by atomic mass is 127. The molecule has 0 aliphatic heterocycles. The van der Waals surface area contributed by atoms with Gasteiger partial charge in [-0.3, -0.25) is 9.98 Å². The molecule has 0 fully saturated rings. The summed E-state index contributed by atoms with van der Waals surface area (Å²) in [6.07, 6.45) is 0. The summed E-state index contributed by atoms with van der Waals surface area (Å²) >= 11 is 12.0. The maximum absolute atomic E-state index is 6.15. The fourth-order valence-electron chi connectivity index (χ4n) is 1.94. The highest BCUT2D eigenvalue weighted by Gasteiger charge is 2.03. The van der Waals surface area contributed by atoms with Crippen molar-refractivity contribution in [2.75, 3.05) is 7.05 Å². The summed E-state index contributed by atoms with van der Waals surface area (Å²) in [5.74, 6) is 0.689. The number of pyridine rings is 1. The van der Waals surface area contributed by atoms with E-state index in [1.54, 1.807) is 13.1 Å². The molecule has 1 aromatic heterocycles. The third-order valence-electron chi connectivity index (χ3n) is 3.07. The second kappa shape index (κ2) is 9.95. The van der Waals surface area contributed by atoms with Gasteiger partial charge in [-0.1, -0.05) is 35.3 Å². The standard InChI is InChI=1S/C16H18Cl2N4.HI/c1-11-4-3-5-14(22-11)10-21-16(19-2)20-9-12-6-7-13(17)8-15(12)18;/h3-8H,9-10H2,1-2H3,(H2,19,20,21);1H. The van der Waals surface area contributed by atoms with E-state index in [2.05, 4.69) is 20.6 Å². The SMILES string of the molecule is CN=C(NCc1cccc(C)n1)NCc1ccc(Cl)cc1Cl.I. The Kier molecular flexibility index (Phi) is 8.65. The predicted octanol–water partition coefficient (Wildman–Crippen LogP) is 4.18. The van der Waals surface area contributed by atoms with Crippen LogP contribution >= 0.6 is 47.2 Å². The van der Waals surface area contributed by atoms with Crippen molar-refractivity contribution in [2.45, 2.75) is 20.0 Å². The van der Waals surface area contributed by atoms with E-state index in [1.165, 1.54) is 0 Å². The molecule has 23 heavy (non-hydrogen) atoms. The van der Waals surface area contributed by atoms with Crippen molar-refractivity contribution in [3.8, 4) is 0 Å². The Morgan fingerprint density at radius 2 is 1.87 bits per heavy atom. The Morgan fingerprint density at radius 1 is 1.13 bits per heavy atom. The summed E-state index contributed by atoms with van der Waals surface area (Å²) < 4.78 is 0. The number of halogens is 3. The number of rotatable bonds is 4. The number of nitrogens with one attached hydrogen (secondary N) is 2.